The van der Waals surface area contributed by atoms with Gasteiger partial charge in [0.05, 0.1) is 18.8 Å². The molecule has 0 atom stereocenters. The molecule has 0 bridgehead atoms. The van der Waals surface area contributed by atoms with E-state index in [0.717, 1.165) is 0 Å². The van der Waals surface area contributed by atoms with Crippen LogP contribution in [0.25, 0.3) is 0 Å². The average Bonchev–Trinajstić information content (AvgIpc) is 2.55. The van der Waals surface area contributed by atoms with Crippen molar-refractivity contribution < 1.29 is 9.53 Å². The van der Waals surface area contributed by atoms with Crippen molar-refractivity contribution in [1.29, 1.82) is 0 Å². The number of hydrogen-bond donors (Lipinski definition) is 0. The van der Waals surface area contributed by atoms with E-state index in [1.807, 2.05) is 0 Å². The molecule has 0 aliphatic heterocycles. The van der Waals surface area contributed by atoms with Gasteiger partial charge in [0, 0.05) is 16.3 Å². The van der Waals surface area contributed by atoms with E-state index >= 15 is 0 Å². The Morgan fingerprint density at radius 3 is 2.58 bits per heavy atom. The van der Waals surface area contributed by atoms with Crippen LogP contribution in [0.15, 0.2) is 55.1 Å². The van der Waals surface area contributed by atoms with Crippen LogP contribution >= 0.6 is 23.2 Å². The van der Waals surface area contributed by atoms with Gasteiger partial charge >= 0.3 is 0 Å². The maximum atomic E-state index is 12.5. The molecule has 0 spiro atoms. The monoisotopic (exact) mass is 359 g/mol. The number of rotatable bonds is 5. The molecular weight excluding hydrogens is 349 g/mol. The molecule has 0 radical (unpaired) electrons. The predicted octanol–water partition coefficient (Wildman–Crippen LogP) is 4.40. The third-order valence-electron chi connectivity index (χ3n) is 3.08. The van der Waals surface area contributed by atoms with E-state index in [9.17, 15) is 4.79 Å². The third kappa shape index (κ3) is 4.28. The highest BCUT2D eigenvalue weighted by Gasteiger charge is 2.12. The smallest absolute Gasteiger partial charge is 0.169 e. The number of ether oxygens (including phenoxy) is 1. The van der Waals surface area contributed by atoms with Crippen molar-refractivity contribution in [2.24, 2.45) is 0 Å². The van der Waals surface area contributed by atoms with Crippen LogP contribution in [0.1, 0.15) is 16.1 Å². The van der Waals surface area contributed by atoms with Crippen LogP contribution < -0.4 is 4.74 Å². The Morgan fingerprint density at radius 2 is 1.83 bits per heavy atom. The second-order valence-electron chi connectivity index (χ2n) is 4.90. The van der Waals surface area contributed by atoms with Gasteiger partial charge in [0.15, 0.2) is 11.5 Å². The Kier molecular flexibility index (Phi) is 5.03. The summed E-state index contributed by atoms with van der Waals surface area (Å²) >= 11 is 11.9. The van der Waals surface area contributed by atoms with Crippen LogP contribution in [0.4, 0.5) is 0 Å². The zero-order valence-corrected chi connectivity index (χ0v) is 13.8. The van der Waals surface area contributed by atoms with Gasteiger partial charge in [-0.25, -0.2) is 15.0 Å². The number of benzene rings is 1. The first-order chi connectivity index (χ1) is 11.6. The van der Waals surface area contributed by atoms with E-state index in [4.69, 9.17) is 27.9 Å². The Bertz CT molecular complexity index is 873. The summed E-state index contributed by atoms with van der Waals surface area (Å²) in [4.78, 5) is 24.3. The van der Waals surface area contributed by atoms with Crippen molar-refractivity contribution >= 4 is 29.0 Å². The number of Topliss-reactive ketones (excluding diaryl/α,β-unsaturated/α-hetero) is 1. The van der Waals surface area contributed by atoms with Crippen molar-refractivity contribution in [2.45, 2.75) is 6.42 Å². The van der Waals surface area contributed by atoms with Gasteiger partial charge in [-0.05, 0) is 30.3 Å². The van der Waals surface area contributed by atoms with Gasteiger partial charge in [0.1, 0.15) is 17.2 Å². The fourth-order valence-electron chi connectivity index (χ4n) is 2.07. The number of carbonyl (C=O) groups is 1. The van der Waals surface area contributed by atoms with Crippen molar-refractivity contribution in [2.75, 3.05) is 0 Å². The Balaban J connectivity index is 1.81. The number of carbonyl (C=O) groups excluding carboxylic acids is 1. The molecule has 2 aromatic heterocycles. The molecule has 0 saturated carbocycles. The predicted molar refractivity (Wildman–Crippen MR) is 90.8 cm³/mol. The topological polar surface area (TPSA) is 65.0 Å². The van der Waals surface area contributed by atoms with E-state index in [1.165, 1.54) is 18.7 Å². The first-order valence-electron chi connectivity index (χ1n) is 6.98. The molecule has 0 fully saturated rings. The molecule has 0 unspecified atom stereocenters. The molecule has 1 aromatic carbocycles. The summed E-state index contributed by atoms with van der Waals surface area (Å²) in [5.41, 5.74) is 1.02. The minimum atomic E-state index is -0.138. The fourth-order valence-corrected chi connectivity index (χ4v) is 2.48. The van der Waals surface area contributed by atoms with Crippen molar-refractivity contribution in [1.82, 2.24) is 15.0 Å². The summed E-state index contributed by atoms with van der Waals surface area (Å²) in [5, 5.41) is 0.742. The summed E-state index contributed by atoms with van der Waals surface area (Å²) in [6.07, 6.45) is 4.56. The summed E-state index contributed by atoms with van der Waals surface area (Å²) in [7, 11) is 0. The third-order valence-corrected chi connectivity index (χ3v) is 3.51. The molecule has 0 amide bonds. The first kappa shape index (κ1) is 16.4. The molecule has 0 saturated heterocycles. The lowest BCUT2D eigenvalue weighted by molar-refractivity contribution is 0.0991. The number of nitrogens with zero attached hydrogens (tertiary/aromatic N) is 3. The van der Waals surface area contributed by atoms with Crippen molar-refractivity contribution in [3.05, 3.63) is 76.6 Å². The van der Waals surface area contributed by atoms with E-state index in [2.05, 4.69) is 15.0 Å². The Labute approximate surface area is 148 Å². The number of pyridine rings is 1. The highest BCUT2D eigenvalue weighted by molar-refractivity contribution is 6.31. The Morgan fingerprint density at radius 1 is 1.04 bits per heavy atom. The summed E-state index contributed by atoms with van der Waals surface area (Å²) < 4.78 is 5.62. The molecular formula is C17H11Cl2N3O2. The molecule has 2 heterocycles. The summed E-state index contributed by atoms with van der Waals surface area (Å²) in [6, 6.07) is 9.97. The lowest BCUT2D eigenvalue weighted by Crippen LogP contribution is -2.05. The lowest BCUT2D eigenvalue weighted by Gasteiger charge is -2.08. The highest BCUT2D eigenvalue weighted by atomic mass is 35.5. The maximum Gasteiger partial charge on any atom is 0.169 e. The lowest BCUT2D eigenvalue weighted by atomic mass is 10.1. The SMILES string of the molecule is O=C(Cc1cccc(Cl)n1)c1cc(Cl)cc(Oc2cncnc2)c1. The second-order valence-corrected chi connectivity index (χ2v) is 5.73. The van der Waals surface area contributed by atoms with Gasteiger partial charge in [-0.3, -0.25) is 4.79 Å². The van der Waals surface area contributed by atoms with E-state index in [0.29, 0.717) is 32.9 Å². The first-order valence-corrected chi connectivity index (χ1v) is 7.74. The van der Waals surface area contributed by atoms with Crippen LogP contribution in [-0.2, 0) is 6.42 Å². The molecule has 120 valence electrons. The number of ketones is 1. The second kappa shape index (κ2) is 7.38. The minimum absolute atomic E-state index is 0.120. The van der Waals surface area contributed by atoms with Crippen LogP contribution in [0.5, 0.6) is 11.5 Å². The van der Waals surface area contributed by atoms with Crippen LogP contribution in [0.2, 0.25) is 10.2 Å². The van der Waals surface area contributed by atoms with Gasteiger partial charge in [-0.1, -0.05) is 29.3 Å². The standard InChI is InChI=1S/C17H11Cl2N3O2/c18-12-4-11(16(23)7-13-2-1-3-17(19)22-13)5-14(6-12)24-15-8-20-10-21-9-15/h1-6,8-10H,7H2. The molecule has 5 nitrogen and oxygen atoms in total. The molecule has 0 aliphatic rings. The normalized spacial score (nSPS) is 10.4. The molecule has 3 rings (SSSR count). The summed E-state index contributed by atoms with van der Waals surface area (Å²) in [6.45, 7) is 0. The average molecular weight is 360 g/mol. The largest absolute Gasteiger partial charge is 0.454 e. The maximum absolute atomic E-state index is 12.5. The fraction of sp³-hybridized carbons (Fsp3) is 0.0588. The zero-order chi connectivity index (χ0) is 16.9. The molecule has 0 N–H and O–H groups in total. The highest BCUT2D eigenvalue weighted by Crippen LogP contribution is 2.26. The zero-order valence-electron chi connectivity index (χ0n) is 12.3. The molecule has 3 aromatic rings. The Hall–Kier alpha value is -2.50. The summed E-state index contributed by atoms with van der Waals surface area (Å²) in [5.74, 6) is 0.746. The van der Waals surface area contributed by atoms with Crippen LogP contribution in [0.3, 0.4) is 0 Å². The van der Waals surface area contributed by atoms with Gasteiger partial charge in [-0.2, -0.15) is 0 Å². The minimum Gasteiger partial charge on any atom is -0.454 e. The molecule has 7 heteroatoms. The quantitative estimate of drug-likeness (QED) is 0.499. The van der Waals surface area contributed by atoms with Crippen molar-refractivity contribution in [3.8, 4) is 11.5 Å². The van der Waals surface area contributed by atoms with Gasteiger partial charge < -0.3 is 4.74 Å². The van der Waals surface area contributed by atoms with Crippen molar-refractivity contribution in [3.63, 3.8) is 0 Å². The molecule has 24 heavy (non-hydrogen) atoms. The van der Waals surface area contributed by atoms with Gasteiger partial charge in [0.25, 0.3) is 0 Å². The van der Waals surface area contributed by atoms with Gasteiger partial charge in [0.2, 0.25) is 0 Å². The molecule has 0 aliphatic carbocycles. The van der Waals surface area contributed by atoms with Crippen LogP contribution in [-0.4, -0.2) is 20.7 Å². The number of hydrogen-bond acceptors (Lipinski definition) is 5. The van der Waals surface area contributed by atoms with E-state index in [1.54, 1.807) is 36.4 Å². The van der Waals surface area contributed by atoms with Crippen LogP contribution in [0, 0.1) is 0 Å². The number of aromatic nitrogens is 3. The van der Waals surface area contributed by atoms with E-state index < -0.39 is 0 Å². The number of halogens is 2. The van der Waals surface area contributed by atoms with Gasteiger partial charge in [-0.15, -0.1) is 0 Å². The van der Waals surface area contributed by atoms with E-state index in [-0.39, 0.29) is 12.2 Å².